The molecular weight excluding hydrogens is 566 g/mol. The van der Waals surface area contributed by atoms with E-state index in [-0.39, 0.29) is 34.4 Å². The minimum atomic E-state index is -1.27. The van der Waals surface area contributed by atoms with E-state index < -0.39 is 47.4 Å². The van der Waals surface area contributed by atoms with Crippen LogP contribution in [-0.2, 0) is 24.0 Å². The van der Waals surface area contributed by atoms with E-state index >= 15 is 0 Å². The molecule has 0 aromatic carbocycles. The molecule has 0 bridgehead atoms. The summed E-state index contributed by atoms with van der Waals surface area (Å²) in [4.78, 5) is 70.1. The number of thioether (sulfide) groups is 1. The third-order valence-corrected chi connectivity index (χ3v) is 8.69. The number of aromatic nitrogens is 2. The number of hydrogen-bond acceptors (Lipinski definition) is 13. The molecular formula is C22H25N9O7S2. The molecule has 5 rings (SSSR count). The molecule has 3 saturated heterocycles. The number of nitrogens with two attached hydrogens (primary N) is 1. The molecule has 1 aromatic rings. The second-order valence-electron chi connectivity index (χ2n) is 9.28. The maximum Gasteiger partial charge on any atom is 0.322 e. The van der Waals surface area contributed by atoms with Crippen LogP contribution in [0, 0.1) is 0 Å². The number of carboxylic acid groups (broad SMARTS) is 1. The van der Waals surface area contributed by atoms with Gasteiger partial charge in [0.25, 0.3) is 17.7 Å². The van der Waals surface area contributed by atoms with Crippen LogP contribution in [0.2, 0.25) is 0 Å². The number of β-lactam (4-membered cyclic amide) rings is 1. The van der Waals surface area contributed by atoms with Crippen molar-refractivity contribution in [2.75, 3.05) is 37.7 Å². The monoisotopic (exact) mass is 591 g/mol. The summed E-state index contributed by atoms with van der Waals surface area (Å²) in [6.07, 6.45) is 2.94. The Labute approximate surface area is 234 Å². The van der Waals surface area contributed by atoms with Crippen molar-refractivity contribution in [3.63, 3.8) is 0 Å². The van der Waals surface area contributed by atoms with E-state index in [4.69, 9.17) is 10.8 Å². The molecule has 212 valence electrons. The van der Waals surface area contributed by atoms with Gasteiger partial charge in [0.1, 0.15) is 23.7 Å². The zero-order valence-corrected chi connectivity index (χ0v) is 22.5. The number of fused-ring (bicyclic) bond motifs is 1. The molecule has 0 spiro atoms. The fourth-order valence-electron chi connectivity index (χ4n) is 4.97. The van der Waals surface area contributed by atoms with E-state index in [0.29, 0.717) is 30.7 Å². The van der Waals surface area contributed by atoms with Crippen LogP contribution in [0.3, 0.4) is 0 Å². The number of allylic oxidation sites excluding steroid dienone is 1. The van der Waals surface area contributed by atoms with Crippen LogP contribution in [0.5, 0.6) is 0 Å². The predicted molar refractivity (Wildman–Crippen MR) is 141 cm³/mol. The summed E-state index contributed by atoms with van der Waals surface area (Å²) >= 11 is 2.05. The largest absolute Gasteiger partial charge is 0.480 e. The van der Waals surface area contributed by atoms with Crippen LogP contribution in [0.25, 0.3) is 0 Å². The van der Waals surface area contributed by atoms with Crippen LogP contribution in [0.4, 0.5) is 5.13 Å². The highest BCUT2D eigenvalue weighted by atomic mass is 32.2. The number of nitrogens with zero attached hydrogens (tertiary/aromatic N) is 5. The number of hydrogen-bond donors (Lipinski definition) is 6. The molecule has 7 N–H and O–H groups in total. The van der Waals surface area contributed by atoms with Crippen molar-refractivity contribution in [1.82, 2.24) is 35.1 Å². The van der Waals surface area contributed by atoms with Gasteiger partial charge in [-0.15, -0.1) is 11.8 Å². The summed E-state index contributed by atoms with van der Waals surface area (Å²) < 4.78 is 3.83. The fraction of sp³-hybridized carbons (Fsp3) is 0.455. The van der Waals surface area contributed by atoms with Crippen molar-refractivity contribution in [3.05, 3.63) is 28.7 Å². The number of oxime groups is 1. The number of amides is 4. The first kappa shape index (κ1) is 27.5. The SMILES string of the molecule is Nc1nc(/C(=N/O)C(=O)N[C@@H]2C(=O)N3C(C(=O)NCC(=O)O)=C(/C=C4\CCN([C@@H]5CCNC5)C4=O)CS[C@H]23)ns1. The Balaban J connectivity index is 1.38. The number of anilines is 1. The summed E-state index contributed by atoms with van der Waals surface area (Å²) in [5.74, 6) is -3.76. The normalized spacial score (nSPS) is 25.8. The summed E-state index contributed by atoms with van der Waals surface area (Å²) in [5, 5.41) is 28.6. The molecule has 0 unspecified atom stereocenters. The molecule has 18 heteroatoms. The number of nitrogen functional groups attached to an aromatic ring is 1. The lowest BCUT2D eigenvalue weighted by Crippen LogP contribution is -2.71. The van der Waals surface area contributed by atoms with Crippen molar-refractivity contribution in [3.8, 4) is 0 Å². The first-order valence-corrected chi connectivity index (χ1v) is 14.0. The molecule has 3 atom stereocenters. The molecule has 4 aliphatic rings. The Morgan fingerprint density at radius 3 is 2.75 bits per heavy atom. The van der Waals surface area contributed by atoms with E-state index in [0.717, 1.165) is 24.5 Å². The summed E-state index contributed by atoms with van der Waals surface area (Å²) in [7, 11) is 0. The zero-order valence-electron chi connectivity index (χ0n) is 20.8. The lowest BCUT2D eigenvalue weighted by Gasteiger charge is -2.49. The van der Waals surface area contributed by atoms with Crippen molar-refractivity contribution in [2.24, 2.45) is 5.16 Å². The second-order valence-corrected chi connectivity index (χ2v) is 11.2. The van der Waals surface area contributed by atoms with E-state index in [2.05, 4.69) is 30.5 Å². The summed E-state index contributed by atoms with van der Waals surface area (Å²) in [5.41, 5.74) is 5.81. The summed E-state index contributed by atoms with van der Waals surface area (Å²) in [6.45, 7) is 1.42. The molecule has 1 aromatic heterocycles. The third kappa shape index (κ3) is 5.11. The number of carbonyl (C=O) groups excluding carboxylic acids is 4. The van der Waals surface area contributed by atoms with E-state index in [1.165, 1.54) is 16.7 Å². The van der Waals surface area contributed by atoms with Crippen LogP contribution < -0.4 is 21.7 Å². The minimum absolute atomic E-state index is 0.0465. The molecule has 16 nitrogen and oxygen atoms in total. The van der Waals surface area contributed by atoms with E-state index in [1.807, 2.05) is 0 Å². The van der Waals surface area contributed by atoms with E-state index in [9.17, 15) is 29.2 Å². The number of carbonyl (C=O) groups is 5. The Bertz CT molecular complexity index is 1370. The maximum absolute atomic E-state index is 13.2. The van der Waals surface area contributed by atoms with Gasteiger partial charge in [0.05, 0.1) is 0 Å². The average molecular weight is 592 g/mol. The third-order valence-electron chi connectivity index (χ3n) is 6.85. The molecule has 40 heavy (non-hydrogen) atoms. The highest BCUT2D eigenvalue weighted by molar-refractivity contribution is 8.00. The number of likely N-dealkylation sites (tertiary alicyclic amines) is 1. The van der Waals surface area contributed by atoms with Crippen molar-refractivity contribution < 1.29 is 34.3 Å². The van der Waals surface area contributed by atoms with Gasteiger partial charge in [-0.2, -0.15) is 9.36 Å². The lowest BCUT2D eigenvalue weighted by molar-refractivity contribution is -0.147. The molecule has 0 saturated carbocycles. The van der Waals surface area contributed by atoms with Gasteiger partial charge in [0.15, 0.2) is 5.13 Å². The molecule has 4 amide bonds. The topological polar surface area (TPSA) is 233 Å². The number of carboxylic acids is 1. The van der Waals surface area contributed by atoms with Crippen LogP contribution >= 0.6 is 23.3 Å². The first-order valence-electron chi connectivity index (χ1n) is 12.2. The number of aliphatic carboxylic acids is 1. The van der Waals surface area contributed by atoms with Crippen molar-refractivity contribution >= 4 is 63.7 Å². The van der Waals surface area contributed by atoms with Gasteiger partial charge in [-0.3, -0.25) is 28.9 Å². The van der Waals surface area contributed by atoms with Gasteiger partial charge >= 0.3 is 5.97 Å². The average Bonchev–Trinajstić information content (AvgIpc) is 3.68. The molecule has 4 aliphatic heterocycles. The van der Waals surface area contributed by atoms with Crippen molar-refractivity contribution in [2.45, 2.75) is 30.3 Å². The lowest BCUT2D eigenvalue weighted by atomic mass is 10.0. The smallest absolute Gasteiger partial charge is 0.322 e. The number of nitrogens with one attached hydrogen (secondary N) is 3. The Hall–Kier alpha value is -4.03. The molecule has 0 radical (unpaired) electrons. The standard InChI is InChI=1S/C22H25N9O7S2/c23-22-27-16(29-40-22)13(28-38)17(34)26-14-20(37)31-15(18(35)25-7-12(32)33)10(8-39-21(14)31)5-9-2-4-30(19(9)36)11-1-3-24-6-11/h5,11,14,21,24,38H,1-4,6-8H2,(H,25,35)(H,26,34)(H,32,33)(H2,23,27,29)/b9-5+,28-13-/t11-,14-,21-/m1/s1. The quantitative estimate of drug-likeness (QED) is 0.0615. The van der Waals surface area contributed by atoms with Gasteiger partial charge in [0.2, 0.25) is 17.4 Å². The van der Waals surface area contributed by atoms with Crippen LogP contribution in [-0.4, -0.2) is 114 Å². The molecule has 0 aliphatic carbocycles. The molecule has 5 heterocycles. The zero-order chi connectivity index (χ0) is 28.6. The fourth-order valence-corrected chi connectivity index (χ4v) is 6.71. The second kappa shape index (κ2) is 11.2. The van der Waals surface area contributed by atoms with Gasteiger partial charge in [0, 0.05) is 42.0 Å². The Morgan fingerprint density at radius 2 is 2.10 bits per heavy atom. The highest BCUT2D eigenvalue weighted by Gasteiger charge is 2.54. The Morgan fingerprint density at radius 1 is 1.30 bits per heavy atom. The van der Waals surface area contributed by atoms with Gasteiger partial charge in [-0.1, -0.05) is 5.16 Å². The Kier molecular flexibility index (Phi) is 7.72. The molecule has 3 fully saturated rings. The first-order chi connectivity index (χ1) is 19.2. The van der Waals surface area contributed by atoms with Gasteiger partial charge in [-0.05, 0) is 31.0 Å². The maximum atomic E-state index is 13.2. The highest BCUT2D eigenvalue weighted by Crippen LogP contribution is 2.41. The van der Waals surface area contributed by atoms with Gasteiger partial charge < -0.3 is 36.9 Å². The summed E-state index contributed by atoms with van der Waals surface area (Å²) in [6, 6.07) is -0.986. The van der Waals surface area contributed by atoms with Crippen LogP contribution in [0.15, 0.2) is 28.1 Å². The predicted octanol–water partition coefficient (Wildman–Crippen LogP) is -2.33. The minimum Gasteiger partial charge on any atom is -0.480 e. The van der Waals surface area contributed by atoms with Gasteiger partial charge in [-0.25, -0.2) is 0 Å². The van der Waals surface area contributed by atoms with Crippen LogP contribution in [0.1, 0.15) is 18.7 Å². The van der Waals surface area contributed by atoms with E-state index in [1.54, 1.807) is 11.0 Å². The van der Waals surface area contributed by atoms with Crippen molar-refractivity contribution in [1.29, 1.82) is 0 Å². The number of rotatable bonds is 8.